The number of likely N-dealkylation sites (N-methyl/N-ethyl adjacent to an activating group) is 1. The first-order valence-corrected chi connectivity index (χ1v) is 12.9. The molecular weight excluding hydrogens is 450 g/mol. The van der Waals surface area contributed by atoms with Crippen LogP contribution in [0.1, 0.15) is 37.4 Å². The molecule has 0 atom stereocenters. The number of rotatable bonds is 6. The maximum absolute atomic E-state index is 4.97. The molecule has 4 heterocycles. The summed E-state index contributed by atoms with van der Waals surface area (Å²) in [5, 5.41) is 6.90. The lowest BCUT2D eigenvalue weighted by Gasteiger charge is -2.34. The number of aromatic nitrogens is 5. The first-order valence-electron chi connectivity index (χ1n) is 12.9. The molecule has 1 aliphatic carbocycles. The maximum Gasteiger partial charge on any atom is 0.229 e. The van der Waals surface area contributed by atoms with E-state index in [1.54, 1.807) is 6.20 Å². The molecular formula is C27H33N9. The second-order valence-corrected chi connectivity index (χ2v) is 9.88. The van der Waals surface area contributed by atoms with Crippen molar-refractivity contribution in [2.45, 2.75) is 38.6 Å². The van der Waals surface area contributed by atoms with Gasteiger partial charge in [0.1, 0.15) is 5.52 Å². The summed E-state index contributed by atoms with van der Waals surface area (Å²) in [6, 6.07) is 12.9. The van der Waals surface area contributed by atoms with Crippen LogP contribution in [0.3, 0.4) is 0 Å². The van der Waals surface area contributed by atoms with E-state index in [-0.39, 0.29) is 0 Å². The normalized spacial score (nSPS) is 17.1. The average molecular weight is 484 g/mol. The van der Waals surface area contributed by atoms with Crippen LogP contribution in [0.4, 0.5) is 29.0 Å². The first kappa shape index (κ1) is 22.7. The van der Waals surface area contributed by atoms with Crippen molar-refractivity contribution in [2.24, 2.45) is 0 Å². The van der Waals surface area contributed by atoms with Crippen LogP contribution < -0.4 is 15.5 Å². The number of aryl methyl sites for hydroxylation is 1. The van der Waals surface area contributed by atoms with Gasteiger partial charge in [0.15, 0.2) is 5.65 Å². The van der Waals surface area contributed by atoms with E-state index in [1.165, 1.54) is 18.5 Å². The zero-order chi connectivity index (χ0) is 24.5. The number of anilines is 5. The fraction of sp³-hybridized carbons (Fsp3) is 0.407. The van der Waals surface area contributed by atoms with E-state index in [2.05, 4.69) is 61.3 Å². The monoisotopic (exact) mass is 483 g/mol. The highest BCUT2D eigenvalue weighted by atomic mass is 15.3. The Balaban J connectivity index is 1.30. The third-order valence-corrected chi connectivity index (χ3v) is 7.31. The molecule has 1 saturated heterocycles. The van der Waals surface area contributed by atoms with Crippen molar-refractivity contribution in [3.63, 3.8) is 0 Å². The summed E-state index contributed by atoms with van der Waals surface area (Å²) in [5.74, 6) is 1.40. The molecule has 1 aromatic carbocycles. The summed E-state index contributed by atoms with van der Waals surface area (Å²) in [6.45, 7) is 6.32. The summed E-state index contributed by atoms with van der Waals surface area (Å²) < 4.78 is 2.27. The summed E-state index contributed by atoms with van der Waals surface area (Å²) in [4.78, 5) is 23.7. The Morgan fingerprint density at radius 1 is 0.861 bits per heavy atom. The van der Waals surface area contributed by atoms with Crippen molar-refractivity contribution >= 4 is 40.1 Å². The van der Waals surface area contributed by atoms with Crippen LogP contribution in [0.25, 0.3) is 11.2 Å². The van der Waals surface area contributed by atoms with Gasteiger partial charge in [-0.05, 0) is 63.2 Å². The van der Waals surface area contributed by atoms with Crippen LogP contribution in [0.2, 0.25) is 0 Å². The van der Waals surface area contributed by atoms with Crippen molar-refractivity contribution in [1.29, 1.82) is 0 Å². The molecule has 6 rings (SSSR count). The molecule has 1 saturated carbocycles. The maximum atomic E-state index is 4.97. The minimum absolute atomic E-state index is 0.374. The highest BCUT2D eigenvalue weighted by Gasteiger charge is 2.25. The molecule has 0 spiro atoms. The molecule has 2 aliphatic rings. The van der Waals surface area contributed by atoms with Crippen molar-refractivity contribution in [3.05, 3.63) is 54.5 Å². The zero-order valence-corrected chi connectivity index (χ0v) is 21.0. The van der Waals surface area contributed by atoms with E-state index in [4.69, 9.17) is 15.0 Å². The summed E-state index contributed by atoms with van der Waals surface area (Å²) in [5.41, 5.74) is 5.72. The summed E-state index contributed by atoms with van der Waals surface area (Å²) in [6.07, 6.45) is 8.31. The number of piperazine rings is 1. The number of benzene rings is 1. The van der Waals surface area contributed by atoms with Crippen LogP contribution >= 0.6 is 0 Å². The van der Waals surface area contributed by atoms with Gasteiger partial charge < -0.3 is 20.4 Å². The fourth-order valence-electron chi connectivity index (χ4n) is 5.28. The molecule has 9 heteroatoms. The largest absolute Gasteiger partial charge is 0.369 e. The van der Waals surface area contributed by atoms with Gasteiger partial charge in [-0.1, -0.05) is 12.8 Å². The van der Waals surface area contributed by atoms with Gasteiger partial charge in [-0.25, -0.2) is 9.97 Å². The Hall–Kier alpha value is -3.72. The predicted octanol–water partition coefficient (Wildman–Crippen LogP) is 4.88. The highest BCUT2D eigenvalue weighted by Crippen LogP contribution is 2.36. The average Bonchev–Trinajstić information content (AvgIpc) is 3.54. The number of hydrogen-bond donors (Lipinski definition) is 2. The van der Waals surface area contributed by atoms with E-state index in [0.717, 1.165) is 73.2 Å². The van der Waals surface area contributed by atoms with Gasteiger partial charge in [0.25, 0.3) is 0 Å². The smallest absolute Gasteiger partial charge is 0.229 e. The van der Waals surface area contributed by atoms with E-state index in [0.29, 0.717) is 12.0 Å². The number of nitrogens with zero attached hydrogens (tertiary/aromatic N) is 7. The zero-order valence-electron chi connectivity index (χ0n) is 21.0. The van der Waals surface area contributed by atoms with Gasteiger partial charge >= 0.3 is 0 Å². The number of nitrogens with one attached hydrogen (secondary N) is 2. The Morgan fingerprint density at radius 3 is 2.36 bits per heavy atom. The molecule has 2 N–H and O–H groups in total. The fourth-order valence-corrected chi connectivity index (χ4v) is 5.28. The first-order chi connectivity index (χ1) is 17.6. The van der Waals surface area contributed by atoms with Crippen molar-refractivity contribution in [1.82, 2.24) is 29.4 Å². The van der Waals surface area contributed by atoms with Crippen molar-refractivity contribution in [3.8, 4) is 0 Å². The summed E-state index contributed by atoms with van der Waals surface area (Å²) >= 11 is 0. The minimum atomic E-state index is 0.374. The summed E-state index contributed by atoms with van der Waals surface area (Å²) in [7, 11) is 2.18. The number of pyridine rings is 1. The molecule has 0 unspecified atom stereocenters. The number of hydrogen-bond acceptors (Lipinski definition) is 8. The Bertz CT molecular complexity index is 1320. The SMILES string of the molecule is Cc1nc(Nc2ccc(N3CCN(C)CC3)cc2)nc2c1nc(Nc1cccnc1)n2C1CCCC1. The van der Waals surface area contributed by atoms with Gasteiger partial charge in [0.05, 0.1) is 17.6 Å². The number of imidazole rings is 1. The molecule has 9 nitrogen and oxygen atoms in total. The van der Waals surface area contributed by atoms with Crippen molar-refractivity contribution < 1.29 is 0 Å². The van der Waals surface area contributed by atoms with Gasteiger partial charge in [0.2, 0.25) is 11.9 Å². The topological polar surface area (TPSA) is 87.0 Å². The van der Waals surface area contributed by atoms with Gasteiger partial charge in [-0.2, -0.15) is 4.98 Å². The molecule has 0 bridgehead atoms. The Labute approximate surface area is 211 Å². The molecule has 3 aromatic heterocycles. The molecule has 4 aromatic rings. The minimum Gasteiger partial charge on any atom is -0.369 e. The third kappa shape index (κ3) is 4.58. The van der Waals surface area contributed by atoms with E-state index in [9.17, 15) is 0 Å². The molecule has 0 radical (unpaired) electrons. The van der Waals surface area contributed by atoms with Crippen molar-refractivity contribution in [2.75, 3.05) is 48.8 Å². The lowest BCUT2D eigenvalue weighted by Crippen LogP contribution is -2.44. The quantitative estimate of drug-likeness (QED) is 0.401. The Kier molecular flexibility index (Phi) is 6.14. The Morgan fingerprint density at radius 2 is 1.64 bits per heavy atom. The van der Waals surface area contributed by atoms with E-state index < -0.39 is 0 Å². The van der Waals surface area contributed by atoms with Gasteiger partial charge in [-0.15, -0.1) is 0 Å². The molecule has 36 heavy (non-hydrogen) atoms. The second kappa shape index (κ2) is 9.73. The standard InChI is InChI=1S/C27H33N9/c1-19-24-25(36(23-7-3-4-8-23)27(32-24)31-21-6-5-13-28-18-21)33-26(29-19)30-20-9-11-22(12-10-20)35-16-14-34(2)15-17-35/h5-6,9-13,18,23H,3-4,7-8,14-17H2,1-2H3,(H,31,32)(H,29,30,33). The molecule has 2 fully saturated rings. The van der Waals surface area contributed by atoms with Crippen LogP contribution in [-0.2, 0) is 0 Å². The predicted molar refractivity (Wildman–Crippen MR) is 145 cm³/mol. The second-order valence-electron chi connectivity index (χ2n) is 9.88. The highest BCUT2D eigenvalue weighted by molar-refractivity contribution is 5.80. The third-order valence-electron chi connectivity index (χ3n) is 7.31. The van der Waals surface area contributed by atoms with Gasteiger partial charge in [-0.3, -0.25) is 9.55 Å². The molecule has 186 valence electrons. The van der Waals surface area contributed by atoms with Crippen LogP contribution in [0.5, 0.6) is 0 Å². The lowest BCUT2D eigenvalue weighted by molar-refractivity contribution is 0.313. The van der Waals surface area contributed by atoms with E-state index >= 15 is 0 Å². The van der Waals surface area contributed by atoms with E-state index in [1.807, 2.05) is 25.3 Å². The van der Waals surface area contributed by atoms with Gasteiger partial charge in [0, 0.05) is 49.8 Å². The van der Waals surface area contributed by atoms with Crippen LogP contribution in [0, 0.1) is 6.92 Å². The molecule has 0 amide bonds. The molecule has 1 aliphatic heterocycles. The lowest BCUT2D eigenvalue weighted by atomic mass is 10.2. The van der Waals surface area contributed by atoms with Crippen LogP contribution in [-0.4, -0.2) is 62.6 Å². The number of fused-ring (bicyclic) bond motifs is 1. The van der Waals surface area contributed by atoms with Crippen LogP contribution in [0.15, 0.2) is 48.8 Å².